The van der Waals surface area contributed by atoms with E-state index in [2.05, 4.69) is 40.6 Å². The lowest BCUT2D eigenvalue weighted by Gasteiger charge is -2.42. The number of aromatic nitrogens is 1. The second-order valence-electron chi connectivity index (χ2n) is 12.0. The van der Waals surface area contributed by atoms with Gasteiger partial charge in [-0.2, -0.15) is 0 Å². The summed E-state index contributed by atoms with van der Waals surface area (Å²) in [5.74, 6) is 0.0956. The monoisotopic (exact) mass is 616 g/mol. The zero-order valence-corrected chi connectivity index (χ0v) is 26.8. The highest BCUT2D eigenvalue weighted by molar-refractivity contribution is 5.75. The predicted molar refractivity (Wildman–Crippen MR) is 174 cm³/mol. The van der Waals surface area contributed by atoms with E-state index in [1.54, 1.807) is 0 Å². The summed E-state index contributed by atoms with van der Waals surface area (Å²) in [6.45, 7) is 6.40. The third kappa shape index (κ3) is 11.0. The Morgan fingerprint density at radius 1 is 0.911 bits per heavy atom. The summed E-state index contributed by atoms with van der Waals surface area (Å²) in [6.07, 6.45) is 4.93. The molecule has 4 rings (SSSR count). The zero-order chi connectivity index (χ0) is 32.0. The van der Waals surface area contributed by atoms with Gasteiger partial charge in [0.05, 0.1) is 18.8 Å². The molecule has 9 heteroatoms. The molecule has 1 aliphatic heterocycles. The summed E-state index contributed by atoms with van der Waals surface area (Å²) in [4.78, 5) is 30.0. The van der Waals surface area contributed by atoms with Gasteiger partial charge in [0, 0.05) is 69.3 Å². The fourth-order valence-corrected chi connectivity index (χ4v) is 5.51. The Morgan fingerprint density at radius 3 is 2.33 bits per heavy atom. The highest BCUT2D eigenvalue weighted by Gasteiger charge is 2.38. The van der Waals surface area contributed by atoms with Crippen molar-refractivity contribution in [2.45, 2.75) is 77.6 Å². The maximum atomic E-state index is 12.3. The van der Waals surface area contributed by atoms with Gasteiger partial charge in [0.15, 0.2) is 6.29 Å². The van der Waals surface area contributed by atoms with Crippen molar-refractivity contribution in [2.75, 3.05) is 26.7 Å². The summed E-state index contributed by atoms with van der Waals surface area (Å²) in [7, 11) is 2.11. The third-order valence-electron chi connectivity index (χ3n) is 8.29. The SMILES string of the molecule is CC(=O)NCCCCCC(=O)NCc1ccc([C@@H]2O[C@H](CN(C)CCc3ccccn3)[C@H](C)[C@H](c3ccc(CO)cc3)O2)cc1. The fourth-order valence-electron chi connectivity index (χ4n) is 5.51. The number of aliphatic hydroxyl groups is 1. The Morgan fingerprint density at radius 2 is 1.64 bits per heavy atom. The number of nitrogens with zero attached hydrogens (tertiary/aromatic N) is 2. The number of ether oxygens (including phenoxy) is 2. The van der Waals surface area contributed by atoms with Crippen LogP contribution in [0.15, 0.2) is 72.9 Å². The van der Waals surface area contributed by atoms with Gasteiger partial charge in [-0.3, -0.25) is 14.6 Å². The van der Waals surface area contributed by atoms with E-state index in [4.69, 9.17) is 9.47 Å². The molecule has 2 aromatic carbocycles. The summed E-state index contributed by atoms with van der Waals surface area (Å²) < 4.78 is 13.2. The molecule has 3 N–H and O–H groups in total. The fraction of sp³-hybridized carbons (Fsp3) is 0.472. The number of carbonyl (C=O) groups is 2. The van der Waals surface area contributed by atoms with Crippen LogP contribution in [0.25, 0.3) is 0 Å². The average molecular weight is 617 g/mol. The van der Waals surface area contributed by atoms with E-state index in [1.165, 1.54) is 6.92 Å². The van der Waals surface area contributed by atoms with Gasteiger partial charge in [0.25, 0.3) is 0 Å². The van der Waals surface area contributed by atoms with Gasteiger partial charge >= 0.3 is 0 Å². The lowest BCUT2D eigenvalue weighted by Crippen LogP contribution is -2.43. The molecular weight excluding hydrogens is 568 g/mol. The second kappa shape index (κ2) is 17.8. The van der Waals surface area contributed by atoms with Gasteiger partial charge in [0.2, 0.25) is 11.8 Å². The number of likely N-dealkylation sites (N-methyl/N-ethyl adjacent to an activating group) is 1. The normalized spacial score (nSPS) is 19.8. The van der Waals surface area contributed by atoms with Crippen LogP contribution < -0.4 is 10.6 Å². The lowest BCUT2D eigenvalue weighted by molar-refractivity contribution is -0.275. The molecule has 1 saturated heterocycles. The highest BCUT2D eigenvalue weighted by Crippen LogP contribution is 2.41. The number of aliphatic hydroxyl groups excluding tert-OH is 1. The molecule has 3 aromatic rings. The van der Waals surface area contributed by atoms with Crippen molar-refractivity contribution in [1.82, 2.24) is 20.5 Å². The molecule has 9 nitrogen and oxygen atoms in total. The van der Waals surface area contributed by atoms with Crippen LogP contribution >= 0.6 is 0 Å². The third-order valence-corrected chi connectivity index (χ3v) is 8.29. The van der Waals surface area contributed by atoms with Crippen LogP contribution in [0.5, 0.6) is 0 Å². The Hall–Kier alpha value is -3.63. The van der Waals surface area contributed by atoms with Gasteiger partial charge in [-0.25, -0.2) is 0 Å². The van der Waals surface area contributed by atoms with Crippen molar-refractivity contribution >= 4 is 11.8 Å². The molecule has 1 fully saturated rings. The van der Waals surface area contributed by atoms with E-state index in [0.717, 1.165) is 66.7 Å². The predicted octanol–water partition coefficient (Wildman–Crippen LogP) is 4.85. The van der Waals surface area contributed by atoms with E-state index >= 15 is 0 Å². The molecule has 1 aliphatic rings. The number of rotatable bonds is 16. The second-order valence-corrected chi connectivity index (χ2v) is 12.0. The van der Waals surface area contributed by atoms with E-state index in [9.17, 15) is 14.7 Å². The van der Waals surface area contributed by atoms with E-state index in [-0.39, 0.29) is 36.5 Å². The number of nitrogens with one attached hydrogen (secondary N) is 2. The van der Waals surface area contributed by atoms with Crippen LogP contribution in [0.3, 0.4) is 0 Å². The molecule has 1 aromatic heterocycles. The van der Waals surface area contributed by atoms with Crippen LogP contribution in [0.2, 0.25) is 0 Å². The summed E-state index contributed by atoms with van der Waals surface area (Å²) in [5, 5.41) is 15.3. The maximum absolute atomic E-state index is 12.3. The van der Waals surface area contributed by atoms with Gasteiger partial charge < -0.3 is 30.1 Å². The van der Waals surface area contributed by atoms with Crippen LogP contribution in [0.1, 0.15) is 79.9 Å². The molecule has 0 radical (unpaired) electrons. The molecule has 0 aliphatic carbocycles. The number of hydrogen-bond donors (Lipinski definition) is 3. The van der Waals surface area contributed by atoms with Crippen molar-refractivity contribution in [3.05, 3.63) is 101 Å². The van der Waals surface area contributed by atoms with Crippen molar-refractivity contribution in [2.24, 2.45) is 5.92 Å². The van der Waals surface area contributed by atoms with Gasteiger partial charge in [-0.15, -0.1) is 0 Å². The topological polar surface area (TPSA) is 113 Å². The smallest absolute Gasteiger partial charge is 0.220 e. The molecule has 0 bridgehead atoms. The van der Waals surface area contributed by atoms with Crippen LogP contribution in [-0.2, 0) is 38.6 Å². The molecule has 0 unspecified atom stereocenters. The van der Waals surface area contributed by atoms with Gasteiger partial charge in [-0.05, 0) is 48.7 Å². The quantitative estimate of drug-likeness (QED) is 0.197. The largest absolute Gasteiger partial charge is 0.392 e. The molecule has 0 saturated carbocycles. The highest BCUT2D eigenvalue weighted by atomic mass is 16.7. The Bertz CT molecular complexity index is 1320. The van der Waals surface area contributed by atoms with Crippen LogP contribution in [-0.4, -0.2) is 59.6 Å². The Labute approximate surface area is 267 Å². The van der Waals surface area contributed by atoms with Crippen LogP contribution in [0.4, 0.5) is 0 Å². The number of hydrogen-bond acceptors (Lipinski definition) is 7. The van der Waals surface area contributed by atoms with Gasteiger partial charge in [-0.1, -0.05) is 67.9 Å². The first-order chi connectivity index (χ1) is 21.8. The number of pyridine rings is 1. The summed E-state index contributed by atoms with van der Waals surface area (Å²) >= 11 is 0. The summed E-state index contributed by atoms with van der Waals surface area (Å²) in [6, 6.07) is 22.0. The minimum atomic E-state index is -0.543. The van der Waals surface area contributed by atoms with E-state index in [1.807, 2.05) is 66.9 Å². The number of benzene rings is 2. The first kappa shape index (κ1) is 34.2. The Balaban J connectivity index is 1.35. The maximum Gasteiger partial charge on any atom is 0.220 e. The van der Waals surface area contributed by atoms with Gasteiger partial charge in [0.1, 0.15) is 0 Å². The molecule has 2 amide bonds. The zero-order valence-electron chi connectivity index (χ0n) is 26.8. The number of unbranched alkanes of at least 4 members (excludes halogenated alkanes) is 2. The first-order valence-corrected chi connectivity index (χ1v) is 16.0. The molecule has 242 valence electrons. The molecular formula is C36H48N4O5. The number of carbonyl (C=O) groups excluding carboxylic acids is 2. The molecule has 45 heavy (non-hydrogen) atoms. The Kier molecular flexibility index (Phi) is 13.5. The molecule has 4 atom stereocenters. The van der Waals surface area contributed by atoms with Crippen LogP contribution in [0, 0.1) is 5.92 Å². The summed E-state index contributed by atoms with van der Waals surface area (Å²) in [5.41, 5.74) is 4.92. The van der Waals surface area contributed by atoms with Crippen molar-refractivity contribution in [3.8, 4) is 0 Å². The minimum absolute atomic E-state index is 0.00349. The van der Waals surface area contributed by atoms with Crippen molar-refractivity contribution in [1.29, 1.82) is 0 Å². The number of amides is 2. The van der Waals surface area contributed by atoms with Crippen molar-refractivity contribution < 1.29 is 24.2 Å². The standard InChI is InChI=1S/C36H48N4O5/c1-26-33(24-40(3)22-19-32-9-6-8-21-38-32)44-36(45-35(26)30-15-13-29(25-41)14-16-30)31-17-11-28(12-18-31)23-39-34(43)10-5-4-7-20-37-27(2)42/h6,8-9,11-18,21,26,33,35-36,41H,4-5,7,10,19-20,22-25H2,1-3H3,(H,37,42)(H,39,43)/t26-,33+,35+,36+/m0/s1. The van der Waals surface area contributed by atoms with E-state index < -0.39 is 6.29 Å². The van der Waals surface area contributed by atoms with E-state index in [0.29, 0.717) is 19.5 Å². The lowest BCUT2D eigenvalue weighted by atomic mass is 9.90. The first-order valence-electron chi connectivity index (χ1n) is 16.0. The molecule has 0 spiro atoms. The minimum Gasteiger partial charge on any atom is -0.392 e. The average Bonchev–Trinajstić information content (AvgIpc) is 3.06. The van der Waals surface area contributed by atoms with Crippen molar-refractivity contribution in [3.63, 3.8) is 0 Å². The molecule has 2 heterocycles.